The zero-order chi connectivity index (χ0) is 10.9. The zero-order valence-corrected chi connectivity index (χ0v) is 8.81. The van der Waals surface area contributed by atoms with Gasteiger partial charge in [-0.15, -0.1) is 0 Å². The molecule has 0 spiro atoms. The summed E-state index contributed by atoms with van der Waals surface area (Å²) in [6, 6.07) is 9.34. The fraction of sp³-hybridized carbons (Fsp3) is 0.333. The summed E-state index contributed by atoms with van der Waals surface area (Å²) in [6.45, 7) is 3.83. The van der Waals surface area contributed by atoms with Gasteiger partial charge in [-0.2, -0.15) is 0 Å². The van der Waals surface area contributed by atoms with E-state index in [1.54, 1.807) is 0 Å². The van der Waals surface area contributed by atoms with E-state index in [0.29, 0.717) is 6.61 Å². The van der Waals surface area contributed by atoms with Gasteiger partial charge in [0.2, 0.25) is 0 Å². The molecule has 3 nitrogen and oxygen atoms in total. The maximum Gasteiger partial charge on any atom is 0.509 e. The Bertz CT molecular complexity index is 282. The topological polar surface area (TPSA) is 35.5 Å². The summed E-state index contributed by atoms with van der Waals surface area (Å²) in [4.78, 5) is 11.0. The van der Waals surface area contributed by atoms with Crippen LogP contribution < -0.4 is 0 Å². The molecular formula is C12H15O3. The van der Waals surface area contributed by atoms with Crippen LogP contribution in [0.3, 0.4) is 0 Å². The molecule has 0 bridgehead atoms. The molecule has 1 rings (SSSR count). The van der Waals surface area contributed by atoms with Gasteiger partial charge in [-0.05, 0) is 12.0 Å². The van der Waals surface area contributed by atoms with E-state index in [2.05, 4.69) is 0 Å². The maximum atomic E-state index is 11.0. The Hall–Kier alpha value is -1.51. The Balaban J connectivity index is 2.17. The van der Waals surface area contributed by atoms with E-state index in [-0.39, 0.29) is 0 Å². The molecule has 0 atom stereocenters. The summed E-state index contributed by atoms with van der Waals surface area (Å²) >= 11 is 0. The van der Waals surface area contributed by atoms with Crippen molar-refractivity contribution in [2.24, 2.45) is 0 Å². The van der Waals surface area contributed by atoms with E-state index in [4.69, 9.17) is 9.47 Å². The normalized spacial score (nSPS) is 9.67. The van der Waals surface area contributed by atoms with Gasteiger partial charge in [0.1, 0.15) is 0 Å². The second kappa shape index (κ2) is 6.87. The molecule has 0 aliphatic carbocycles. The third-order valence-corrected chi connectivity index (χ3v) is 1.81. The van der Waals surface area contributed by atoms with Gasteiger partial charge in [0.05, 0.1) is 6.61 Å². The Morgan fingerprint density at radius 3 is 2.73 bits per heavy atom. The number of hydrogen-bond donors (Lipinski definition) is 0. The number of unbranched alkanes of at least 4 members (excludes halogenated alkanes) is 1. The average molecular weight is 207 g/mol. The predicted octanol–water partition coefficient (Wildman–Crippen LogP) is 3.15. The quantitative estimate of drug-likeness (QED) is 0.549. The first-order valence-corrected chi connectivity index (χ1v) is 5.04. The van der Waals surface area contributed by atoms with Crippen LogP contribution in [0.5, 0.6) is 0 Å². The van der Waals surface area contributed by atoms with Crippen LogP contribution in [0.1, 0.15) is 25.3 Å². The molecule has 81 valence electrons. The number of hydrogen-bond acceptors (Lipinski definition) is 3. The lowest BCUT2D eigenvalue weighted by atomic mass is 10.2. The van der Waals surface area contributed by atoms with Crippen LogP contribution in [0.25, 0.3) is 0 Å². The van der Waals surface area contributed by atoms with Gasteiger partial charge in [0.15, 0.2) is 6.61 Å². The van der Waals surface area contributed by atoms with Crippen LogP contribution in [-0.2, 0) is 9.47 Å². The fourth-order valence-corrected chi connectivity index (χ4v) is 0.982. The SMILES string of the molecule is CCCCOC(=O)O[CH]c1ccccc1. The van der Waals surface area contributed by atoms with Gasteiger partial charge in [-0.3, -0.25) is 0 Å². The summed E-state index contributed by atoms with van der Waals surface area (Å²) in [7, 11) is 0. The number of benzene rings is 1. The first-order chi connectivity index (χ1) is 7.33. The minimum Gasteiger partial charge on any atom is -0.434 e. The van der Waals surface area contributed by atoms with Gasteiger partial charge < -0.3 is 9.47 Å². The molecular weight excluding hydrogens is 192 g/mol. The standard InChI is InChI=1S/C12H15O3/c1-2-3-9-14-12(13)15-10-11-7-5-4-6-8-11/h4-8,10H,2-3,9H2,1H3. The summed E-state index contributed by atoms with van der Waals surface area (Å²) < 4.78 is 9.60. The van der Waals surface area contributed by atoms with Gasteiger partial charge >= 0.3 is 6.16 Å². The van der Waals surface area contributed by atoms with E-state index < -0.39 is 6.16 Å². The van der Waals surface area contributed by atoms with E-state index in [0.717, 1.165) is 18.4 Å². The minimum absolute atomic E-state index is 0.415. The Labute approximate surface area is 90.0 Å². The molecule has 15 heavy (non-hydrogen) atoms. The second-order valence-electron chi connectivity index (χ2n) is 3.10. The molecule has 0 aromatic heterocycles. The van der Waals surface area contributed by atoms with Gasteiger partial charge in [-0.25, -0.2) is 4.79 Å². The van der Waals surface area contributed by atoms with Crippen molar-refractivity contribution in [2.45, 2.75) is 19.8 Å². The van der Waals surface area contributed by atoms with Crippen LogP contribution in [0, 0.1) is 6.61 Å². The highest BCUT2D eigenvalue weighted by atomic mass is 16.7. The van der Waals surface area contributed by atoms with Crippen molar-refractivity contribution < 1.29 is 14.3 Å². The van der Waals surface area contributed by atoms with Gasteiger partial charge in [0.25, 0.3) is 0 Å². The molecule has 0 saturated heterocycles. The van der Waals surface area contributed by atoms with Crippen LogP contribution >= 0.6 is 0 Å². The van der Waals surface area contributed by atoms with Crippen molar-refractivity contribution in [3.05, 3.63) is 42.5 Å². The lowest BCUT2D eigenvalue weighted by molar-refractivity contribution is 0.0756. The molecule has 0 aliphatic rings. The van der Waals surface area contributed by atoms with Crippen molar-refractivity contribution in [2.75, 3.05) is 6.61 Å². The van der Waals surface area contributed by atoms with Crippen molar-refractivity contribution in [1.29, 1.82) is 0 Å². The van der Waals surface area contributed by atoms with Gasteiger partial charge in [0, 0.05) is 0 Å². The van der Waals surface area contributed by atoms with Crippen LogP contribution in [0.15, 0.2) is 30.3 Å². The monoisotopic (exact) mass is 207 g/mol. The van der Waals surface area contributed by atoms with Crippen LogP contribution in [0.4, 0.5) is 4.79 Å². The van der Waals surface area contributed by atoms with Crippen molar-refractivity contribution in [3.8, 4) is 0 Å². The first kappa shape index (κ1) is 11.6. The van der Waals surface area contributed by atoms with Crippen molar-refractivity contribution in [3.63, 3.8) is 0 Å². The highest BCUT2D eigenvalue weighted by Crippen LogP contribution is 2.03. The minimum atomic E-state index is -0.646. The molecule has 0 fully saturated rings. The van der Waals surface area contributed by atoms with Crippen molar-refractivity contribution in [1.82, 2.24) is 0 Å². The smallest absolute Gasteiger partial charge is 0.434 e. The molecule has 0 unspecified atom stereocenters. The van der Waals surface area contributed by atoms with Crippen molar-refractivity contribution >= 4 is 6.16 Å². The third-order valence-electron chi connectivity index (χ3n) is 1.81. The largest absolute Gasteiger partial charge is 0.509 e. The van der Waals surface area contributed by atoms with Crippen LogP contribution in [-0.4, -0.2) is 12.8 Å². The average Bonchev–Trinajstić information content (AvgIpc) is 2.28. The number of carbonyl (C=O) groups is 1. The van der Waals surface area contributed by atoms with Gasteiger partial charge in [-0.1, -0.05) is 43.7 Å². The summed E-state index contributed by atoms with van der Waals surface area (Å²) in [6.07, 6.45) is 1.21. The zero-order valence-electron chi connectivity index (χ0n) is 8.81. The molecule has 1 aromatic carbocycles. The highest BCUT2D eigenvalue weighted by Gasteiger charge is 2.03. The van der Waals surface area contributed by atoms with E-state index in [1.807, 2.05) is 37.3 Å². The fourth-order valence-electron chi connectivity index (χ4n) is 0.982. The van der Waals surface area contributed by atoms with E-state index in [9.17, 15) is 4.79 Å². The molecule has 0 heterocycles. The highest BCUT2D eigenvalue weighted by molar-refractivity contribution is 5.60. The molecule has 0 N–H and O–H groups in total. The molecule has 1 aromatic rings. The molecule has 1 radical (unpaired) electrons. The number of rotatable bonds is 5. The van der Waals surface area contributed by atoms with E-state index >= 15 is 0 Å². The summed E-state index contributed by atoms with van der Waals surface area (Å²) in [5.41, 5.74) is 0.838. The summed E-state index contributed by atoms with van der Waals surface area (Å²) in [5.74, 6) is 0. The Kier molecular flexibility index (Phi) is 5.30. The molecule has 0 amide bonds. The predicted molar refractivity (Wildman–Crippen MR) is 57.2 cm³/mol. The van der Waals surface area contributed by atoms with Crippen LogP contribution in [0.2, 0.25) is 0 Å². The number of carbonyl (C=O) groups excluding carboxylic acids is 1. The first-order valence-electron chi connectivity index (χ1n) is 5.04. The molecule has 0 saturated carbocycles. The lowest BCUT2D eigenvalue weighted by Crippen LogP contribution is -2.07. The second-order valence-corrected chi connectivity index (χ2v) is 3.10. The number of ether oxygens (including phenoxy) is 2. The Morgan fingerprint density at radius 2 is 2.07 bits per heavy atom. The lowest BCUT2D eigenvalue weighted by Gasteiger charge is -2.04. The third kappa shape index (κ3) is 5.05. The Morgan fingerprint density at radius 1 is 1.33 bits per heavy atom. The van der Waals surface area contributed by atoms with E-state index in [1.165, 1.54) is 6.61 Å². The molecule has 0 aliphatic heterocycles. The summed E-state index contributed by atoms with van der Waals surface area (Å²) in [5, 5.41) is 0. The molecule has 3 heteroatoms. The maximum absolute atomic E-state index is 11.0.